The van der Waals surface area contributed by atoms with E-state index in [4.69, 9.17) is 5.73 Å². The fraction of sp³-hybridized carbons (Fsp3) is 0.512. The fourth-order valence-corrected chi connectivity index (χ4v) is 5.37. The van der Waals surface area contributed by atoms with Gasteiger partial charge < -0.3 is 5.73 Å². The Balaban J connectivity index is 0.000000762. The first-order chi connectivity index (χ1) is 20.1. The standard InChI is InChI=1S/C24H30.C6H7N.C6H14.C3H8.C2H6/c1-6-11-22-18(4)17(3)19(5)23(22)24(20-13-8-9-14-20)21-15-10-7-12-16(21)2;7-6-4-2-1-3-5-6;1-4-5-6(2)3;1-3-2;1-2/h7,10-12,15,18H,3,6,8-9,13-14H2,1-2,4-5H3;1-5H,7H2;6H,4-5H2,1-3H3;3H2,1-2H3;1-2H3/b22-11+;;;;. The fourth-order valence-electron chi connectivity index (χ4n) is 5.37. The Morgan fingerprint density at radius 1 is 0.905 bits per heavy atom. The third-order valence-electron chi connectivity index (χ3n) is 7.45. The lowest BCUT2D eigenvalue weighted by Gasteiger charge is -2.20. The Labute approximate surface area is 262 Å². The van der Waals surface area contributed by atoms with E-state index in [-0.39, 0.29) is 0 Å². The highest BCUT2D eigenvalue weighted by Crippen LogP contribution is 2.49. The normalized spacial score (nSPS) is 16.5. The molecule has 1 atom stereocenters. The van der Waals surface area contributed by atoms with Crippen LogP contribution < -0.4 is 5.73 Å². The van der Waals surface area contributed by atoms with Gasteiger partial charge in [0.1, 0.15) is 0 Å². The van der Waals surface area contributed by atoms with E-state index in [1.165, 1.54) is 83.9 Å². The van der Waals surface area contributed by atoms with Crippen LogP contribution in [0.3, 0.4) is 0 Å². The van der Waals surface area contributed by atoms with Crippen LogP contribution in [0.15, 0.2) is 95.1 Å². The number of para-hydroxylation sites is 1. The largest absolute Gasteiger partial charge is 0.399 e. The van der Waals surface area contributed by atoms with Gasteiger partial charge in [-0.3, -0.25) is 0 Å². The molecule has 1 saturated carbocycles. The summed E-state index contributed by atoms with van der Waals surface area (Å²) in [7, 11) is 0. The van der Waals surface area contributed by atoms with Crippen molar-refractivity contribution in [2.45, 2.75) is 128 Å². The van der Waals surface area contributed by atoms with Crippen molar-refractivity contribution in [3.05, 3.63) is 106 Å². The molecule has 2 aromatic rings. The summed E-state index contributed by atoms with van der Waals surface area (Å²) in [6.45, 7) is 28.5. The van der Waals surface area contributed by atoms with Crippen LogP contribution >= 0.6 is 0 Å². The van der Waals surface area contributed by atoms with Crippen LogP contribution in [0.25, 0.3) is 5.57 Å². The quantitative estimate of drug-likeness (QED) is 0.355. The van der Waals surface area contributed by atoms with Crippen LogP contribution in [0.1, 0.15) is 132 Å². The minimum Gasteiger partial charge on any atom is -0.399 e. The predicted molar refractivity (Wildman–Crippen MR) is 194 cm³/mol. The molecule has 0 amide bonds. The molecule has 234 valence electrons. The number of benzene rings is 2. The second-order valence-electron chi connectivity index (χ2n) is 11.6. The molecule has 42 heavy (non-hydrogen) atoms. The molecule has 4 rings (SSSR count). The summed E-state index contributed by atoms with van der Waals surface area (Å²) in [6.07, 6.45) is 12.6. The third-order valence-corrected chi connectivity index (χ3v) is 7.45. The van der Waals surface area contributed by atoms with E-state index in [9.17, 15) is 0 Å². The highest BCUT2D eigenvalue weighted by atomic mass is 14.5. The SMILES string of the molecule is C=C1C(C)=C(C(=C2CCCC2)c2ccccc2C)/C(=C/CC)C1C.CC.CCC.CCCC(C)C.Nc1ccccc1. The Morgan fingerprint density at radius 3 is 1.83 bits per heavy atom. The lowest BCUT2D eigenvalue weighted by atomic mass is 9.84. The van der Waals surface area contributed by atoms with Gasteiger partial charge in [-0.1, -0.05) is 142 Å². The molecule has 2 aliphatic rings. The lowest BCUT2D eigenvalue weighted by molar-refractivity contribution is 0.576. The van der Waals surface area contributed by atoms with Crippen molar-refractivity contribution in [1.29, 1.82) is 0 Å². The van der Waals surface area contributed by atoms with Gasteiger partial charge >= 0.3 is 0 Å². The summed E-state index contributed by atoms with van der Waals surface area (Å²) in [4.78, 5) is 0. The van der Waals surface area contributed by atoms with Crippen LogP contribution in [-0.2, 0) is 0 Å². The first-order valence-corrected chi connectivity index (χ1v) is 16.8. The average Bonchev–Trinajstić information content (AvgIpc) is 3.58. The van der Waals surface area contributed by atoms with Gasteiger partial charge in [-0.25, -0.2) is 0 Å². The van der Waals surface area contributed by atoms with Crippen molar-refractivity contribution in [3.63, 3.8) is 0 Å². The molecule has 0 radical (unpaired) electrons. The third kappa shape index (κ3) is 13.0. The molecule has 1 unspecified atom stereocenters. The number of anilines is 1. The maximum atomic E-state index is 5.36. The van der Waals surface area contributed by atoms with Crippen molar-refractivity contribution in [2.24, 2.45) is 11.8 Å². The minimum absolute atomic E-state index is 0.445. The monoisotopic (exact) mass is 572 g/mol. The van der Waals surface area contributed by atoms with E-state index < -0.39 is 0 Å². The van der Waals surface area contributed by atoms with Gasteiger partial charge in [0.25, 0.3) is 0 Å². The highest BCUT2D eigenvalue weighted by Gasteiger charge is 2.31. The van der Waals surface area contributed by atoms with E-state index in [2.05, 4.69) is 99.2 Å². The number of rotatable bonds is 5. The molecule has 0 aliphatic heterocycles. The summed E-state index contributed by atoms with van der Waals surface area (Å²) in [5.74, 6) is 1.34. The van der Waals surface area contributed by atoms with E-state index in [0.29, 0.717) is 5.92 Å². The predicted octanol–water partition coefficient (Wildman–Crippen LogP) is 13.3. The first kappa shape index (κ1) is 39.2. The second-order valence-corrected chi connectivity index (χ2v) is 11.6. The van der Waals surface area contributed by atoms with Gasteiger partial charge in [-0.2, -0.15) is 0 Å². The molecular weight excluding hydrogens is 506 g/mol. The topological polar surface area (TPSA) is 26.0 Å². The molecule has 1 heteroatoms. The Bertz CT molecular complexity index is 1100. The summed E-state index contributed by atoms with van der Waals surface area (Å²) in [6, 6.07) is 18.4. The smallest absolute Gasteiger partial charge is 0.0313 e. The van der Waals surface area contributed by atoms with Crippen LogP contribution in [0.2, 0.25) is 0 Å². The number of allylic oxidation sites excluding steroid dienone is 7. The number of hydrogen-bond acceptors (Lipinski definition) is 1. The molecule has 0 heterocycles. The molecule has 0 aromatic heterocycles. The van der Waals surface area contributed by atoms with Crippen LogP contribution in [-0.4, -0.2) is 0 Å². The zero-order valence-electron chi connectivity index (χ0n) is 29.4. The van der Waals surface area contributed by atoms with Crippen molar-refractivity contribution < 1.29 is 0 Å². The number of nitrogens with two attached hydrogens (primary N) is 1. The molecule has 0 saturated heterocycles. The van der Waals surface area contributed by atoms with Gasteiger partial charge in [-0.15, -0.1) is 0 Å². The zero-order chi connectivity index (χ0) is 32.1. The van der Waals surface area contributed by atoms with Crippen molar-refractivity contribution in [3.8, 4) is 0 Å². The molecule has 1 fully saturated rings. The minimum atomic E-state index is 0.445. The number of aryl methyl sites for hydroxylation is 1. The maximum absolute atomic E-state index is 5.36. The summed E-state index contributed by atoms with van der Waals surface area (Å²) >= 11 is 0. The van der Waals surface area contributed by atoms with Gasteiger partial charge in [-0.05, 0) is 103 Å². The van der Waals surface area contributed by atoms with Gasteiger partial charge in [0.15, 0.2) is 0 Å². The first-order valence-electron chi connectivity index (χ1n) is 16.8. The molecular formula is C41H65N. The second kappa shape index (κ2) is 22.8. The highest BCUT2D eigenvalue weighted by molar-refractivity contribution is 5.91. The lowest BCUT2D eigenvalue weighted by Crippen LogP contribution is -2.01. The molecule has 1 nitrogen and oxygen atoms in total. The van der Waals surface area contributed by atoms with Crippen molar-refractivity contribution in [2.75, 3.05) is 5.73 Å². The van der Waals surface area contributed by atoms with E-state index in [1.807, 2.05) is 44.2 Å². The van der Waals surface area contributed by atoms with E-state index in [1.54, 1.807) is 5.57 Å². The van der Waals surface area contributed by atoms with Crippen LogP contribution in [0.4, 0.5) is 5.69 Å². The van der Waals surface area contributed by atoms with Crippen LogP contribution in [0, 0.1) is 18.8 Å². The van der Waals surface area contributed by atoms with E-state index >= 15 is 0 Å². The van der Waals surface area contributed by atoms with Gasteiger partial charge in [0.05, 0.1) is 0 Å². The maximum Gasteiger partial charge on any atom is 0.0313 e. The summed E-state index contributed by atoms with van der Waals surface area (Å²) < 4.78 is 0. The Morgan fingerprint density at radius 2 is 1.43 bits per heavy atom. The zero-order valence-corrected chi connectivity index (χ0v) is 29.4. The summed E-state index contributed by atoms with van der Waals surface area (Å²) in [5, 5.41) is 0. The molecule has 2 aromatic carbocycles. The summed E-state index contributed by atoms with van der Waals surface area (Å²) in [5.41, 5.74) is 17.9. The molecule has 0 spiro atoms. The molecule has 0 bridgehead atoms. The Hall–Kier alpha value is -2.80. The molecule has 2 aliphatic carbocycles. The van der Waals surface area contributed by atoms with Crippen LogP contribution in [0.5, 0.6) is 0 Å². The Kier molecular flexibility index (Phi) is 21.2. The number of hydrogen-bond donors (Lipinski definition) is 1. The average molecular weight is 572 g/mol. The molecule has 2 N–H and O–H groups in total. The van der Waals surface area contributed by atoms with Gasteiger partial charge in [0, 0.05) is 11.6 Å². The van der Waals surface area contributed by atoms with Crippen molar-refractivity contribution in [1.82, 2.24) is 0 Å². The van der Waals surface area contributed by atoms with E-state index in [0.717, 1.165) is 18.0 Å². The van der Waals surface area contributed by atoms with Gasteiger partial charge in [0.2, 0.25) is 0 Å². The van der Waals surface area contributed by atoms with Crippen molar-refractivity contribution >= 4 is 11.3 Å². The number of nitrogen functional groups attached to an aromatic ring is 1.